The molecule has 0 spiro atoms. The van der Waals surface area contributed by atoms with Gasteiger partial charge in [-0.2, -0.15) is 16.1 Å². The first-order valence-corrected chi connectivity index (χ1v) is 9.04. The lowest BCUT2D eigenvalue weighted by atomic mass is 10.2. The molecule has 1 saturated heterocycles. The van der Waals surface area contributed by atoms with Gasteiger partial charge in [-0.05, 0) is 27.7 Å². The van der Waals surface area contributed by atoms with Crippen molar-refractivity contribution >= 4 is 21.8 Å². The van der Waals surface area contributed by atoms with E-state index in [9.17, 15) is 8.42 Å². The number of furan rings is 1. The van der Waals surface area contributed by atoms with Crippen molar-refractivity contribution in [3.8, 4) is 0 Å². The van der Waals surface area contributed by atoms with E-state index in [-0.39, 0.29) is 16.2 Å². The normalized spacial score (nSPS) is 20.2. The lowest BCUT2D eigenvalue weighted by Crippen LogP contribution is -2.46. The van der Waals surface area contributed by atoms with Crippen LogP contribution in [0.1, 0.15) is 30.9 Å². The summed E-state index contributed by atoms with van der Waals surface area (Å²) in [4.78, 5) is 0.264. The van der Waals surface area contributed by atoms with Gasteiger partial charge in [-0.3, -0.25) is 0 Å². The Morgan fingerprint density at radius 1 is 1.35 bits per heavy atom. The van der Waals surface area contributed by atoms with E-state index >= 15 is 0 Å². The van der Waals surface area contributed by atoms with Crippen molar-refractivity contribution in [2.24, 2.45) is 5.73 Å². The van der Waals surface area contributed by atoms with Crippen molar-refractivity contribution in [3.05, 3.63) is 17.1 Å². The molecule has 0 aromatic carbocycles. The molecule has 2 N–H and O–H groups in total. The highest BCUT2D eigenvalue weighted by Crippen LogP contribution is 2.35. The van der Waals surface area contributed by atoms with Crippen LogP contribution in [0.4, 0.5) is 0 Å². The molecule has 0 unspecified atom stereocenters. The number of nitrogens with two attached hydrogens (primary N) is 1. The fourth-order valence-corrected chi connectivity index (χ4v) is 5.93. The summed E-state index contributed by atoms with van der Waals surface area (Å²) in [5.74, 6) is 1.83. The van der Waals surface area contributed by atoms with Crippen LogP contribution in [0.25, 0.3) is 0 Å². The number of aryl methyl sites for hydroxylation is 2. The molecule has 0 saturated carbocycles. The maximum Gasteiger partial charge on any atom is 0.246 e. The van der Waals surface area contributed by atoms with Gasteiger partial charge in [-0.25, -0.2) is 8.42 Å². The highest BCUT2D eigenvalue weighted by Gasteiger charge is 2.37. The van der Waals surface area contributed by atoms with Crippen molar-refractivity contribution in [1.82, 2.24) is 4.31 Å². The molecule has 5 nitrogen and oxygen atoms in total. The molecule has 20 heavy (non-hydrogen) atoms. The Kier molecular flexibility index (Phi) is 4.26. The van der Waals surface area contributed by atoms with Gasteiger partial charge in [0.1, 0.15) is 16.4 Å². The lowest BCUT2D eigenvalue weighted by molar-refractivity contribution is 0.386. The number of thioether (sulfide) groups is 1. The summed E-state index contributed by atoms with van der Waals surface area (Å²) in [7, 11) is -3.54. The Morgan fingerprint density at radius 3 is 2.55 bits per heavy atom. The number of rotatable bonds is 3. The molecule has 1 fully saturated rings. The average molecular weight is 318 g/mol. The molecule has 1 aromatic rings. The van der Waals surface area contributed by atoms with Crippen molar-refractivity contribution in [1.29, 1.82) is 0 Å². The second-order valence-corrected chi connectivity index (χ2v) is 9.35. The van der Waals surface area contributed by atoms with E-state index in [1.807, 2.05) is 0 Å². The number of hydrogen-bond donors (Lipinski definition) is 1. The first kappa shape index (κ1) is 15.9. The Bertz CT molecular complexity index is 605. The van der Waals surface area contributed by atoms with Crippen LogP contribution in [0, 0.1) is 13.8 Å². The van der Waals surface area contributed by atoms with Gasteiger partial charge < -0.3 is 10.2 Å². The monoisotopic (exact) mass is 318 g/mol. The molecule has 2 heterocycles. The van der Waals surface area contributed by atoms with E-state index in [1.54, 1.807) is 29.9 Å². The van der Waals surface area contributed by atoms with Gasteiger partial charge in [0.05, 0.1) is 0 Å². The van der Waals surface area contributed by atoms with Gasteiger partial charge in [0, 0.05) is 35.7 Å². The molecule has 114 valence electrons. The zero-order valence-electron chi connectivity index (χ0n) is 12.4. The molecule has 0 radical (unpaired) electrons. The maximum absolute atomic E-state index is 12.9. The molecule has 2 rings (SSSR count). The molecule has 0 atom stereocenters. The SMILES string of the molecule is Cc1oc(C)c(S(=O)(=O)N2CCSC(C)(C)C2)c1CN. The predicted octanol–water partition coefficient (Wildman–Crippen LogP) is 1.87. The molecule has 0 amide bonds. The Morgan fingerprint density at radius 2 is 2.00 bits per heavy atom. The van der Waals surface area contributed by atoms with Crippen LogP contribution in [0.3, 0.4) is 0 Å². The van der Waals surface area contributed by atoms with Gasteiger partial charge in [0.15, 0.2) is 0 Å². The summed E-state index contributed by atoms with van der Waals surface area (Å²) in [6.07, 6.45) is 0. The largest absolute Gasteiger partial charge is 0.465 e. The second kappa shape index (κ2) is 5.36. The molecule has 0 bridgehead atoms. The van der Waals surface area contributed by atoms with E-state index in [1.165, 1.54) is 0 Å². The second-order valence-electron chi connectivity index (χ2n) is 5.67. The summed E-state index contributed by atoms with van der Waals surface area (Å²) in [6, 6.07) is 0. The molecule has 1 aromatic heterocycles. The molecular weight excluding hydrogens is 296 g/mol. The quantitative estimate of drug-likeness (QED) is 0.920. The molecule has 1 aliphatic heterocycles. The molecule has 7 heteroatoms. The number of nitrogens with zero attached hydrogens (tertiary/aromatic N) is 1. The highest BCUT2D eigenvalue weighted by molar-refractivity contribution is 8.00. The minimum absolute atomic E-state index is 0.0686. The van der Waals surface area contributed by atoms with Gasteiger partial charge in [0.25, 0.3) is 0 Å². The minimum Gasteiger partial charge on any atom is -0.465 e. The van der Waals surface area contributed by atoms with E-state index in [2.05, 4.69) is 13.8 Å². The Labute approximate surface area is 124 Å². The summed E-state index contributed by atoms with van der Waals surface area (Å²) in [5, 5.41) is 0. The zero-order valence-corrected chi connectivity index (χ0v) is 14.0. The Balaban J connectivity index is 2.45. The minimum atomic E-state index is -3.54. The van der Waals surface area contributed by atoms with Crippen LogP contribution in [-0.2, 0) is 16.6 Å². The topological polar surface area (TPSA) is 76.5 Å². The summed E-state index contributed by atoms with van der Waals surface area (Å²) in [5.41, 5.74) is 6.29. The van der Waals surface area contributed by atoms with Crippen LogP contribution in [0.5, 0.6) is 0 Å². The van der Waals surface area contributed by atoms with E-state index < -0.39 is 10.0 Å². The van der Waals surface area contributed by atoms with Crippen LogP contribution in [0.15, 0.2) is 9.31 Å². The number of sulfonamides is 1. The van der Waals surface area contributed by atoms with E-state index in [4.69, 9.17) is 10.2 Å². The lowest BCUT2D eigenvalue weighted by Gasteiger charge is -2.36. The summed E-state index contributed by atoms with van der Waals surface area (Å²) in [6.45, 7) is 8.78. The van der Waals surface area contributed by atoms with Crippen LogP contribution >= 0.6 is 11.8 Å². The first-order chi connectivity index (χ1) is 9.19. The van der Waals surface area contributed by atoms with E-state index in [0.717, 1.165) is 5.75 Å². The van der Waals surface area contributed by atoms with Gasteiger partial charge in [-0.15, -0.1) is 0 Å². The van der Waals surface area contributed by atoms with Crippen molar-refractivity contribution in [2.45, 2.75) is 43.9 Å². The fourth-order valence-electron chi connectivity index (χ4n) is 2.59. The summed E-state index contributed by atoms with van der Waals surface area (Å²) >= 11 is 1.80. The van der Waals surface area contributed by atoms with Crippen molar-refractivity contribution < 1.29 is 12.8 Å². The fraction of sp³-hybridized carbons (Fsp3) is 0.692. The van der Waals surface area contributed by atoms with Gasteiger partial charge >= 0.3 is 0 Å². The smallest absolute Gasteiger partial charge is 0.246 e. The highest BCUT2D eigenvalue weighted by atomic mass is 32.2. The summed E-state index contributed by atoms with van der Waals surface area (Å²) < 4.78 is 32.7. The number of hydrogen-bond acceptors (Lipinski definition) is 5. The molecule has 0 aliphatic carbocycles. The first-order valence-electron chi connectivity index (χ1n) is 6.62. The Hall–Kier alpha value is -0.500. The van der Waals surface area contributed by atoms with Crippen LogP contribution in [-0.4, -0.2) is 36.3 Å². The maximum atomic E-state index is 12.9. The third-order valence-corrected chi connectivity index (χ3v) is 6.86. The van der Waals surface area contributed by atoms with Gasteiger partial charge in [-0.1, -0.05) is 0 Å². The molecular formula is C13H22N2O3S2. The standard InChI is InChI=1S/C13H22N2O3S2/c1-9-11(7-14)12(10(2)18-9)20(16,17)15-5-6-19-13(3,4)8-15/h5-8,14H2,1-4H3. The third kappa shape index (κ3) is 2.77. The average Bonchev–Trinajstić information content (AvgIpc) is 2.62. The van der Waals surface area contributed by atoms with E-state index in [0.29, 0.717) is 30.2 Å². The van der Waals surface area contributed by atoms with Crippen LogP contribution in [0.2, 0.25) is 0 Å². The zero-order chi connectivity index (χ0) is 15.1. The third-order valence-electron chi connectivity index (χ3n) is 3.52. The van der Waals surface area contributed by atoms with Crippen molar-refractivity contribution in [3.63, 3.8) is 0 Å². The van der Waals surface area contributed by atoms with Crippen molar-refractivity contribution in [2.75, 3.05) is 18.8 Å². The molecule has 1 aliphatic rings. The van der Waals surface area contributed by atoms with Crippen LogP contribution < -0.4 is 5.73 Å². The predicted molar refractivity (Wildman–Crippen MR) is 81.4 cm³/mol. The van der Waals surface area contributed by atoms with Gasteiger partial charge in [0.2, 0.25) is 10.0 Å².